The largest absolute Gasteiger partial charge is 0.445 e. The normalized spacial score (nSPS) is 16.5. The highest BCUT2D eigenvalue weighted by atomic mass is 32.1. The molecule has 1 fully saturated rings. The van der Waals surface area contributed by atoms with Crippen molar-refractivity contribution in [1.29, 1.82) is 0 Å². The lowest BCUT2D eigenvalue weighted by Gasteiger charge is -2.41. The molecule has 0 saturated carbocycles. The zero-order valence-corrected chi connectivity index (χ0v) is 59.3. The standard InChI is InChI=1S/C71H110N10O13S/c1-14-46(6)63(59(92-12)41-61(86)81-34-21-26-56(81)64(93-13)47(7)57(83)39-52(67-75-33-35-95-67)36-48-22-16-15-17-23-48)80(11)68(89)55(44(2)3)40-60(85)71(8,9)79-70(91)94-43-49-27-29-53(30-28-49)77-65(87)51(25-20-32-76-69(73)90)38-58(84)62(45(4)5)78-66(88)50(24-18-19-31-72)37-54(82)42-74-10/h15-17,22-23,27-30,33,35,44-47,50-52,55-56,59,62-64,74H,14,18-21,24-26,31-32,34,36-43,72H2,1-13H3,(H,77,87)(H,78,88)(H,79,91)(H3,73,76,90)/t46-,47-,50+,51+,52+,55-,56-,59+,62-,63-,64+/m0/s1. The Morgan fingerprint density at radius 3 is 2.06 bits per heavy atom. The Balaban J connectivity index is 1.38. The number of hydrogen-bond donors (Lipinski definition) is 7. The minimum Gasteiger partial charge on any atom is -0.445 e. The number of likely N-dealkylation sites (N-methyl/N-ethyl adjacent to an activating group) is 2. The van der Waals surface area contributed by atoms with Crippen molar-refractivity contribution in [3.63, 3.8) is 0 Å². The SMILES string of the molecule is CC[C@H](C)[C@@H]([C@@H](CC(=O)N1CCC[C@H]1[C@H](OC)[C@@H](C)C(=O)C[C@@H](Cc1ccccc1)c1nccs1)OC)N(C)C(=O)[C@@H](CC(=O)C(C)(C)NC(=O)OCc1ccc(NC(=O)[C@H](CCCNC(N)=O)CC(=O)[C@@H](NC(=O)[C@H](CCCCN)CC(=O)CNC)C(C)C)cc1)C(C)C. The molecule has 7 amide bonds. The van der Waals surface area contributed by atoms with Crippen molar-refractivity contribution >= 4 is 75.9 Å². The molecule has 95 heavy (non-hydrogen) atoms. The topological polar surface area (TPSA) is 330 Å². The summed E-state index contributed by atoms with van der Waals surface area (Å²) in [5.74, 6) is -6.04. The summed E-state index contributed by atoms with van der Waals surface area (Å²) in [5.41, 5.74) is 11.5. The maximum atomic E-state index is 14.8. The third kappa shape index (κ3) is 25.5. The second-order valence-corrected chi connectivity index (χ2v) is 27.7. The predicted molar refractivity (Wildman–Crippen MR) is 368 cm³/mol. The molecule has 0 bridgehead atoms. The first-order valence-corrected chi connectivity index (χ1v) is 34.7. The third-order valence-electron chi connectivity index (χ3n) is 18.5. The highest BCUT2D eigenvalue weighted by molar-refractivity contribution is 7.09. The minimum atomic E-state index is -1.47. The number of ether oxygens (including phenoxy) is 3. The number of hydrogen-bond acceptors (Lipinski definition) is 17. The summed E-state index contributed by atoms with van der Waals surface area (Å²) in [5, 5.41) is 16.6. The van der Waals surface area contributed by atoms with Crippen molar-refractivity contribution in [3.05, 3.63) is 82.3 Å². The quantitative estimate of drug-likeness (QED) is 0.0262. The number of anilines is 1. The van der Waals surface area contributed by atoms with E-state index in [1.54, 1.807) is 84.3 Å². The Kier molecular flexibility index (Phi) is 34.3. The van der Waals surface area contributed by atoms with E-state index in [2.05, 4.69) is 43.7 Å². The van der Waals surface area contributed by atoms with E-state index in [-0.39, 0.29) is 117 Å². The van der Waals surface area contributed by atoms with Crippen LogP contribution in [0, 0.1) is 41.4 Å². The van der Waals surface area contributed by atoms with Gasteiger partial charge >= 0.3 is 12.1 Å². The van der Waals surface area contributed by atoms with Crippen molar-refractivity contribution in [2.75, 3.05) is 59.8 Å². The lowest BCUT2D eigenvalue weighted by molar-refractivity contribution is -0.149. The van der Waals surface area contributed by atoms with Crippen molar-refractivity contribution in [1.82, 2.24) is 36.1 Å². The number of unbranched alkanes of at least 4 members (excludes halogenated alkanes) is 1. The summed E-state index contributed by atoms with van der Waals surface area (Å²) in [4.78, 5) is 145. The van der Waals surface area contributed by atoms with Gasteiger partial charge in [0, 0.05) is 107 Å². The highest BCUT2D eigenvalue weighted by Gasteiger charge is 2.44. The molecule has 1 aromatic heterocycles. The Hall–Kier alpha value is -6.99. The fourth-order valence-corrected chi connectivity index (χ4v) is 13.4. The van der Waals surface area contributed by atoms with Gasteiger partial charge in [0.1, 0.15) is 18.2 Å². The molecule has 1 aliphatic heterocycles. The van der Waals surface area contributed by atoms with Gasteiger partial charge in [0.25, 0.3) is 0 Å². The van der Waals surface area contributed by atoms with Crippen LogP contribution in [0.1, 0.15) is 168 Å². The summed E-state index contributed by atoms with van der Waals surface area (Å²) in [6.07, 6.45) is 4.30. The van der Waals surface area contributed by atoms with Gasteiger partial charge in [-0.3, -0.25) is 38.4 Å². The predicted octanol–water partition coefficient (Wildman–Crippen LogP) is 8.31. The van der Waals surface area contributed by atoms with Crippen LogP contribution in [0.15, 0.2) is 66.2 Å². The number of nitrogens with zero attached hydrogens (tertiary/aromatic N) is 3. The number of aromatic nitrogens is 1. The molecule has 0 unspecified atom stereocenters. The summed E-state index contributed by atoms with van der Waals surface area (Å²) < 4.78 is 17.8. The van der Waals surface area contributed by atoms with E-state index in [1.807, 2.05) is 63.1 Å². The Labute approximate surface area is 567 Å². The van der Waals surface area contributed by atoms with Crippen LogP contribution in [0.4, 0.5) is 15.3 Å². The van der Waals surface area contributed by atoms with Gasteiger partial charge < -0.3 is 62.1 Å². The Bertz CT molecular complexity index is 2930. The number of ketones is 4. The van der Waals surface area contributed by atoms with Crippen LogP contribution in [0.3, 0.4) is 0 Å². The van der Waals surface area contributed by atoms with Crippen LogP contribution >= 0.6 is 11.3 Å². The number of Topliss-reactive ketones (excluding diaryl/α,β-unsaturated/α-hetero) is 4. The number of alkyl carbamates (subject to hydrolysis) is 1. The summed E-state index contributed by atoms with van der Waals surface area (Å²) in [6, 6.07) is 13.9. The first kappa shape index (κ1) is 80.4. The molecule has 23 nitrogen and oxygen atoms in total. The molecule has 3 aromatic rings. The van der Waals surface area contributed by atoms with Gasteiger partial charge in [-0.15, -0.1) is 11.3 Å². The zero-order valence-electron chi connectivity index (χ0n) is 58.5. The number of nitrogens with two attached hydrogens (primary N) is 2. The van der Waals surface area contributed by atoms with Crippen molar-refractivity contribution in [2.24, 2.45) is 52.9 Å². The van der Waals surface area contributed by atoms with E-state index in [1.165, 1.54) is 18.4 Å². The molecule has 0 radical (unpaired) electrons. The van der Waals surface area contributed by atoms with Crippen LogP contribution in [0.2, 0.25) is 0 Å². The molecule has 2 heterocycles. The summed E-state index contributed by atoms with van der Waals surface area (Å²) in [6.45, 7) is 17.2. The van der Waals surface area contributed by atoms with E-state index in [0.717, 1.165) is 17.0 Å². The number of nitrogens with one attached hydrogen (secondary N) is 5. The second kappa shape index (κ2) is 40.5. The number of urea groups is 1. The lowest BCUT2D eigenvalue weighted by atomic mass is 9.83. The number of carbonyl (C=O) groups excluding carboxylic acids is 10. The first-order chi connectivity index (χ1) is 45.1. The van der Waals surface area contributed by atoms with E-state index < -0.39 is 83.2 Å². The van der Waals surface area contributed by atoms with Crippen LogP contribution in [0.5, 0.6) is 0 Å². The molecule has 1 aliphatic rings. The Morgan fingerprint density at radius 2 is 1.47 bits per heavy atom. The zero-order chi connectivity index (χ0) is 70.5. The molecule has 4 rings (SSSR count). The maximum absolute atomic E-state index is 14.8. The molecule has 11 atom stereocenters. The van der Waals surface area contributed by atoms with Gasteiger partial charge in [0.05, 0.1) is 53.8 Å². The summed E-state index contributed by atoms with van der Waals surface area (Å²) >= 11 is 1.53. The molecule has 24 heteroatoms. The second-order valence-electron chi connectivity index (χ2n) is 26.8. The monoisotopic (exact) mass is 1340 g/mol. The van der Waals surface area contributed by atoms with Gasteiger partial charge in [-0.2, -0.15) is 0 Å². The van der Waals surface area contributed by atoms with Crippen molar-refractivity contribution in [2.45, 2.75) is 201 Å². The average Bonchev–Trinajstić information content (AvgIpc) is 1.82. The maximum Gasteiger partial charge on any atom is 0.408 e. The fraction of sp³-hybridized carbons (Fsp3) is 0.648. The van der Waals surface area contributed by atoms with E-state index in [9.17, 15) is 47.9 Å². The number of thiazole rings is 1. The molecule has 9 N–H and O–H groups in total. The van der Waals surface area contributed by atoms with E-state index in [0.29, 0.717) is 69.3 Å². The molecule has 2 aromatic carbocycles. The number of amides is 7. The molecule has 0 aliphatic carbocycles. The highest BCUT2D eigenvalue weighted by Crippen LogP contribution is 2.34. The number of benzene rings is 2. The fourth-order valence-electron chi connectivity index (χ4n) is 12.7. The average molecular weight is 1340 g/mol. The molecular formula is C71H110N10O13S. The Morgan fingerprint density at radius 1 is 0.800 bits per heavy atom. The molecule has 0 spiro atoms. The van der Waals surface area contributed by atoms with Gasteiger partial charge in [0.2, 0.25) is 23.6 Å². The molecule has 1 saturated heterocycles. The minimum absolute atomic E-state index is 0.00179. The van der Waals surface area contributed by atoms with Crippen LogP contribution in [0.25, 0.3) is 0 Å². The first-order valence-electron chi connectivity index (χ1n) is 33.8. The van der Waals surface area contributed by atoms with E-state index >= 15 is 0 Å². The van der Waals surface area contributed by atoms with Crippen LogP contribution < -0.4 is 38.1 Å². The number of rotatable bonds is 44. The number of methoxy groups -OCH3 is 2. The molecular weight excluding hydrogens is 1230 g/mol. The van der Waals surface area contributed by atoms with Crippen molar-refractivity contribution < 1.29 is 62.2 Å². The number of primary amides is 1. The van der Waals surface area contributed by atoms with Gasteiger partial charge in [0.15, 0.2) is 11.6 Å². The van der Waals surface area contributed by atoms with Gasteiger partial charge in [-0.05, 0) is 113 Å². The lowest BCUT2D eigenvalue weighted by Crippen LogP contribution is -2.55. The molecule has 528 valence electrons. The van der Waals surface area contributed by atoms with Gasteiger partial charge in [-0.1, -0.05) is 104 Å². The summed E-state index contributed by atoms with van der Waals surface area (Å²) in [7, 11) is 6.45. The van der Waals surface area contributed by atoms with Gasteiger partial charge in [-0.25, -0.2) is 14.6 Å². The van der Waals surface area contributed by atoms with Crippen LogP contribution in [-0.2, 0) is 65.6 Å². The van der Waals surface area contributed by atoms with Crippen molar-refractivity contribution in [3.8, 4) is 0 Å². The number of likely N-dealkylation sites (tertiary alicyclic amines) is 1. The third-order valence-corrected chi connectivity index (χ3v) is 19.5. The smallest absolute Gasteiger partial charge is 0.408 e. The van der Waals surface area contributed by atoms with E-state index in [4.69, 9.17) is 25.7 Å². The van der Waals surface area contributed by atoms with Crippen LogP contribution in [-0.4, -0.2) is 164 Å². The number of carbonyl (C=O) groups is 10.